The van der Waals surface area contributed by atoms with Gasteiger partial charge in [0.25, 0.3) is 5.91 Å². The molecule has 0 bridgehead atoms. The summed E-state index contributed by atoms with van der Waals surface area (Å²) in [6, 6.07) is 15.3. The Hall–Kier alpha value is -2.31. The Morgan fingerprint density at radius 1 is 1.15 bits per heavy atom. The maximum absolute atomic E-state index is 13.2. The third kappa shape index (κ3) is 4.51. The third-order valence-corrected chi connectivity index (χ3v) is 5.57. The van der Waals surface area contributed by atoms with Gasteiger partial charge in [0.2, 0.25) is 0 Å². The van der Waals surface area contributed by atoms with Gasteiger partial charge in [0.1, 0.15) is 5.75 Å². The first-order valence-corrected chi connectivity index (χ1v) is 9.91. The van der Waals surface area contributed by atoms with Gasteiger partial charge in [0.05, 0.1) is 19.4 Å². The van der Waals surface area contributed by atoms with Gasteiger partial charge in [-0.1, -0.05) is 30.8 Å². The van der Waals surface area contributed by atoms with Crippen LogP contribution in [0.3, 0.4) is 0 Å². The predicted octanol–water partition coefficient (Wildman–Crippen LogP) is 4.50. The highest BCUT2D eigenvalue weighted by atomic mass is 32.2. The summed E-state index contributed by atoms with van der Waals surface area (Å²) in [7, 11) is 3.30. The summed E-state index contributed by atoms with van der Waals surface area (Å²) in [6.45, 7) is 2.64. The molecule has 6 heteroatoms. The van der Waals surface area contributed by atoms with Crippen molar-refractivity contribution in [1.82, 2.24) is 4.90 Å². The average Bonchev–Trinajstić information content (AvgIpc) is 3.11. The lowest BCUT2D eigenvalue weighted by atomic mass is 10.1. The molecule has 1 unspecified atom stereocenters. The number of methoxy groups -OCH3 is 2. The van der Waals surface area contributed by atoms with Gasteiger partial charge in [-0.05, 0) is 48.4 Å². The molecular formula is C21H24N2O3S. The zero-order chi connectivity index (χ0) is 19.2. The first-order valence-electron chi connectivity index (χ1n) is 8.93. The molecule has 1 heterocycles. The third-order valence-electron chi connectivity index (χ3n) is 4.48. The first-order chi connectivity index (χ1) is 13.2. The van der Waals surface area contributed by atoms with E-state index in [2.05, 4.69) is 6.92 Å². The molecule has 3 rings (SSSR count). The molecule has 0 aliphatic carbocycles. The summed E-state index contributed by atoms with van der Waals surface area (Å²) in [5.41, 5.74) is 2.52. The minimum Gasteiger partial charge on any atom is -0.497 e. The Bertz CT molecular complexity index is 803. The van der Waals surface area contributed by atoms with Crippen LogP contribution in [-0.2, 0) is 11.3 Å². The lowest BCUT2D eigenvalue weighted by molar-refractivity contribution is 0.0819. The van der Waals surface area contributed by atoms with E-state index in [0.29, 0.717) is 12.2 Å². The molecule has 0 spiro atoms. The number of hydrogen-bond donors (Lipinski definition) is 0. The van der Waals surface area contributed by atoms with Crippen LogP contribution < -0.4 is 4.74 Å². The van der Waals surface area contributed by atoms with Gasteiger partial charge in [0, 0.05) is 24.5 Å². The predicted molar refractivity (Wildman–Crippen MR) is 110 cm³/mol. The van der Waals surface area contributed by atoms with Crippen molar-refractivity contribution in [3.63, 3.8) is 0 Å². The molecule has 1 aliphatic rings. The zero-order valence-corrected chi connectivity index (χ0v) is 16.7. The normalized spacial score (nSPS) is 18.1. The maximum Gasteiger partial charge on any atom is 0.260 e. The molecule has 142 valence electrons. The van der Waals surface area contributed by atoms with Gasteiger partial charge in [0.15, 0.2) is 5.17 Å². The molecule has 27 heavy (non-hydrogen) atoms. The van der Waals surface area contributed by atoms with Crippen LogP contribution in [0.2, 0.25) is 0 Å². The summed E-state index contributed by atoms with van der Waals surface area (Å²) in [4.78, 5) is 19.7. The molecule has 0 N–H and O–H groups in total. The van der Waals surface area contributed by atoms with Crippen molar-refractivity contribution < 1.29 is 14.3 Å². The molecule has 0 radical (unpaired) electrons. The molecule has 2 aromatic rings. The van der Waals surface area contributed by atoms with Crippen molar-refractivity contribution in [2.45, 2.75) is 26.0 Å². The first kappa shape index (κ1) is 19.5. The summed E-state index contributed by atoms with van der Waals surface area (Å²) >= 11 is 1.63. The molecule has 1 fully saturated rings. The second-order valence-electron chi connectivity index (χ2n) is 6.27. The van der Waals surface area contributed by atoms with E-state index in [4.69, 9.17) is 14.5 Å². The molecule has 0 aromatic heterocycles. The molecule has 1 atom stereocenters. The van der Waals surface area contributed by atoms with Crippen molar-refractivity contribution >= 4 is 28.5 Å². The van der Waals surface area contributed by atoms with Crippen LogP contribution in [-0.4, -0.2) is 42.0 Å². The number of amidine groups is 1. The Morgan fingerprint density at radius 2 is 1.85 bits per heavy atom. The van der Waals surface area contributed by atoms with E-state index in [-0.39, 0.29) is 11.9 Å². The van der Waals surface area contributed by atoms with Crippen molar-refractivity contribution in [2.75, 3.05) is 20.0 Å². The number of thioether (sulfide) groups is 1. The van der Waals surface area contributed by atoms with Gasteiger partial charge < -0.3 is 9.47 Å². The fourth-order valence-electron chi connectivity index (χ4n) is 2.93. The average molecular weight is 385 g/mol. The van der Waals surface area contributed by atoms with Gasteiger partial charge in [-0.2, -0.15) is 0 Å². The molecule has 1 saturated heterocycles. The number of nitrogens with zero attached hydrogens (tertiary/aromatic N) is 2. The number of benzene rings is 2. The van der Waals surface area contributed by atoms with Crippen molar-refractivity contribution in [3.8, 4) is 5.75 Å². The standard InChI is InChI=1S/C21H24N2O3S/c1-4-18-14-27-21(22-17-9-11-19(26-3)12-10-17)23(18)20(24)16-7-5-15(6-8-16)13-25-2/h5-12,18H,4,13-14H2,1-3H3. The van der Waals surface area contributed by atoms with E-state index in [1.807, 2.05) is 53.4 Å². The van der Waals surface area contributed by atoms with Crippen molar-refractivity contribution in [1.29, 1.82) is 0 Å². The molecular weight excluding hydrogens is 360 g/mol. The second-order valence-corrected chi connectivity index (χ2v) is 7.26. The number of rotatable bonds is 6. The smallest absolute Gasteiger partial charge is 0.260 e. The molecule has 2 aromatic carbocycles. The van der Waals surface area contributed by atoms with E-state index in [0.717, 1.165) is 34.3 Å². The molecule has 1 aliphatic heterocycles. The molecule has 5 nitrogen and oxygen atoms in total. The van der Waals surface area contributed by atoms with Gasteiger partial charge in [-0.3, -0.25) is 9.69 Å². The van der Waals surface area contributed by atoms with E-state index < -0.39 is 0 Å². The summed E-state index contributed by atoms with van der Waals surface area (Å²) in [5.74, 6) is 1.63. The van der Waals surface area contributed by atoms with E-state index in [9.17, 15) is 4.79 Å². The number of hydrogen-bond acceptors (Lipinski definition) is 5. The van der Waals surface area contributed by atoms with Crippen LogP contribution >= 0.6 is 11.8 Å². The summed E-state index contributed by atoms with van der Waals surface area (Å²) < 4.78 is 10.3. The second kappa shape index (κ2) is 9.06. The lowest BCUT2D eigenvalue weighted by Crippen LogP contribution is -2.39. The SMILES string of the molecule is CCC1CSC(=Nc2ccc(OC)cc2)N1C(=O)c1ccc(COC)cc1. The number of carbonyl (C=O) groups excluding carboxylic acids is 1. The van der Waals surface area contributed by atoms with Crippen molar-refractivity contribution in [2.24, 2.45) is 4.99 Å². The fourth-order valence-corrected chi connectivity index (χ4v) is 4.19. The highest BCUT2D eigenvalue weighted by molar-refractivity contribution is 8.14. The number of amides is 1. The Labute approximate surface area is 164 Å². The lowest BCUT2D eigenvalue weighted by Gasteiger charge is -2.23. The Kier molecular flexibility index (Phi) is 6.53. The molecule has 1 amide bonds. The van der Waals surface area contributed by atoms with Crippen LogP contribution in [0.15, 0.2) is 53.5 Å². The highest BCUT2D eigenvalue weighted by Gasteiger charge is 2.34. The van der Waals surface area contributed by atoms with Crippen LogP contribution in [0, 0.1) is 0 Å². The minimum absolute atomic E-state index is 0.0110. The molecule has 0 saturated carbocycles. The fraction of sp³-hybridized carbons (Fsp3) is 0.333. The van der Waals surface area contributed by atoms with Crippen molar-refractivity contribution in [3.05, 3.63) is 59.7 Å². The van der Waals surface area contributed by atoms with E-state index >= 15 is 0 Å². The Morgan fingerprint density at radius 3 is 2.44 bits per heavy atom. The topological polar surface area (TPSA) is 51.1 Å². The van der Waals surface area contributed by atoms with Gasteiger partial charge in [-0.15, -0.1) is 0 Å². The van der Waals surface area contributed by atoms with Gasteiger partial charge in [-0.25, -0.2) is 4.99 Å². The van der Waals surface area contributed by atoms with Crippen LogP contribution in [0.4, 0.5) is 5.69 Å². The van der Waals surface area contributed by atoms with Crippen LogP contribution in [0.25, 0.3) is 0 Å². The number of aliphatic imine (C=N–C) groups is 1. The number of carbonyl (C=O) groups is 1. The minimum atomic E-state index is -0.0110. The number of ether oxygens (including phenoxy) is 2. The zero-order valence-electron chi connectivity index (χ0n) is 15.8. The van der Waals surface area contributed by atoms with Gasteiger partial charge >= 0.3 is 0 Å². The van der Waals surface area contributed by atoms with E-state index in [1.165, 1.54) is 0 Å². The highest BCUT2D eigenvalue weighted by Crippen LogP contribution is 2.30. The summed E-state index contributed by atoms with van der Waals surface area (Å²) in [5, 5.41) is 0.748. The Balaban J connectivity index is 1.86. The van der Waals surface area contributed by atoms with E-state index in [1.54, 1.807) is 26.0 Å². The maximum atomic E-state index is 13.2. The largest absolute Gasteiger partial charge is 0.497 e. The van der Waals surface area contributed by atoms with Crippen LogP contribution in [0.5, 0.6) is 5.75 Å². The van der Waals surface area contributed by atoms with Crippen LogP contribution in [0.1, 0.15) is 29.3 Å². The quantitative estimate of drug-likeness (QED) is 0.736. The monoisotopic (exact) mass is 384 g/mol. The summed E-state index contributed by atoms with van der Waals surface area (Å²) in [6.07, 6.45) is 0.891.